The van der Waals surface area contributed by atoms with Gasteiger partial charge in [0.2, 0.25) is 0 Å². The second-order valence-electron chi connectivity index (χ2n) is 6.18. The van der Waals surface area contributed by atoms with Gasteiger partial charge in [-0.05, 0) is 18.0 Å². The van der Waals surface area contributed by atoms with Crippen molar-refractivity contribution in [1.82, 2.24) is 5.32 Å². The summed E-state index contributed by atoms with van der Waals surface area (Å²) in [5.41, 5.74) is 1.77. The van der Waals surface area contributed by atoms with Crippen LogP contribution in [0.25, 0.3) is 0 Å². The van der Waals surface area contributed by atoms with Gasteiger partial charge in [-0.15, -0.1) is 0 Å². The maximum absolute atomic E-state index is 3.48. The molecule has 1 N–H and O–H groups in total. The molecule has 1 aromatic carbocycles. The molecule has 16 heavy (non-hydrogen) atoms. The summed E-state index contributed by atoms with van der Waals surface area (Å²) in [6.07, 6.45) is 0. The molecule has 1 rings (SSSR count). The van der Waals surface area contributed by atoms with E-state index in [1.807, 2.05) is 0 Å². The van der Waals surface area contributed by atoms with Crippen molar-refractivity contribution in [3.63, 3.8) is 0 Å². The van der Waals surface area contributed by atoms with Crippen LogP contribution in [-0.2, 0) is 5.41 Å². The molecule has 0 radical (unpaired) electrons. The lowest BCUT2D eigenvalue weighted by molar-refractivity contribution is 0.192. The first-order valence-corrected chi connectivity index (χ1v) is 6.03. The molecule has 0 aliphatic rings. The largest absolute Gasteiger partial charge is 0.316 e. The molecule has 0 saturated carbocycles. The summed E-state index contributed by atoms with van der Waals surface area (Å²) in [7, 11) is 2.06. The summed E-state index contributed by atoms with van der Waals surface area (Å²) in [4.78, 5) is 0. The Labute approximate surface area is 100 Å². The van der Waals surface area contributed by atoms with Crippen LogP contribution in [0.3, 0.4) is 0 Å². The van der Waals surface area contributed by atoms with E-state index in [9.17, 15) is 0 Å². The highest BCUT2D eigenvalue weighted by atomic mass is 14.9. The summed E-state index contributed by atoms with van der Waals surface area (Å²) in [6.45, 7) is 11.5. The SMILES string of the molecule is CNC(C(C)(C)C)C(C)(C)c1ccccc1. The van der Waals surface area contributed by atoms with Crippen LogP contribution in [0, 0.1) is 5.41 Å². The summed E-state index contributed by atoms with van der Waals surface area (Å²) in [6, 6.07) is 11.2. The van der Waals surface area contributed by atoms with Gasteiger partial charge in [0.25, 0.3) is 0 Å². The summed E-state index contributed by atoms with van der Waals surface area (Å²) >= 11 is 0. The molecule has 0 aliphatic carbocycles. The van der Waals surface area contributed by atoms with E-state index in [1.54, 1.807) is 0 Å². The average Bonchev–Trinajstić information content (AvgIpc) is 2.17. The molecule has 0 spiro atoms. The van der Waals surface area contributed by atoms with E-state index in [0.29, 0.717) is 6.04 Å². The second kappa shape index (κ2) is 4.58. The molecule has 1 nitrogen and oxygen atoms in total. The van der Waals surface area contributed by atoms with Crippen molar-refractivity contribution in [1.29, 1.82) is 0 Å². The molecule has 1 aromatic rings. The summed E-state index contributed by atoms with van der Waals surface area (Å²) in [5, 5.41) is 3.48. The molecule has 0 aliphatic heterocycles. The smallest absolute Gasteiger partial charge is 0.0204 e. The van der Waals surface area contributed by atoms with Crippen molar-refractivity contribution >= 4 is 0 Å². The molecule has 0 aromatic heterocycles. The number of hydrogen-bond acceptors (Lipinski definition) is 1. The molecule has 1 heteroatoms. The molecule has 0 heterocycles. The topological polar surface area (TPSA) is 12.0 Å². The third kappa shape index (κ3) is 2.65. The quantitative estimate of drug-likeness (QED) is 0.819. The van der Waals surface area contributed by atoms with Crippen LogP contribution in [0.5, 0.6) is 0 Å². The van der Waals surface area contributed by atoms with Crippen molar-refractivity contribution in [3.05, 3.63) is 35.9 Å². The minimum atomic E-state index is 0.133. The first-order chi connectivity index (χ1) is 7.30. The van der Waals surface area contributed by atoms with E-state index in [0.717, 1.165) is 0 Å². The third-order valence-electron chi connectivity index (χ3n) is 3.39. The minimum absolute atomic E-state index is 0.133. The van der Waals surface area contributed by atoms with Gasteiger partial charge in [0.15, 0.2) is 0 Å². The minimum Gasteiger partial charge on any atom is -0.316 e. The molecule has 0 saturated heterocycles. The molecular formula is C15H25N. The van der Waals surface area contributed by atoms with Gasteiger partial charge in [-0.3, -0.25) is 0 Å². The van der Waals surface area contributed by atoms with E-state index < -0.39 is 0 Å². The number of likely N-dealkylation sites (N-methyl/N-ethyl adjacent to an activating group) is 1. The Hall–Kier alpha value is -0.820. The van der Waals surface area contributed by atoms with Crippen molar-refractivity contribution in [2.45, 2.75) is 46.1 Å². The molecule has 1 unspecified atom stereocenters. The Balaban J connectivity index is 3.09. The van der Waals surface area contributed by atoms with Gasteiger partial charge >= 0.3 is 0 Å². The van der Waals surface area contributed by atoms with Gasteiger partial charge in [0.1, 0.15) is 0 Å². The van der Waals surface area contributed by atoms with E-state index >= 15 is 0 Å². The molecule has 0 bridgehead atoms. The molecule has 90 valence electrons. The van der Waals surface area contributed by atoms with Crippen molar-refractivity contribution in [2.75, 3.05) is 7.05 Å². The zero-order chi connectivity index (χ0) is 12.4. The van der Waals surface area contributed by atoms with E-state index in [1.165, 1.54) is 5.56 Å². The van der Waals surface area contributed by atoms with Crippen LogP contribution in [0.2, 0.25) is 0 Å². The number of benzene rings is 1. The van der Waals surface area contributed by atoms with Crippen LogP contribution in [0.1, 0.15) is 40.2 Å². The fourth-order valence-corrected chi connectivity index (χ4v) is 2.91. The molecule has 0 fully saturated rings. The first kappa shape index (κ1) is 13.2. The first-order valence-electron chi connectivity index (χ1n) is 6.03. The van der Waals surface area contributed by atoms with Crippen LogP contribution >= 0.6 is 0 Å². The van der Waals surface area contributed by atoms with Gasteiger partial charge in [-0.1, -0.05) is 65.0 Å². The number of rotatable bonds is 3. The number of hydrogen-bond donors (Lipinski definition) is 1. The van der Waals surface area contributed by atoms with Crippen molar-refractivity contribution in [3.8, 4) is 0 Å². The predicted octanol–water partition coefficient (Wildman–Crippen LogP) is 3.60. The lowest BCUT2D eigenvalue weighted by Gasteiger charge is -2.43. The highest BCUT2D eigenvalue weighted by Gasteiger charge is 2.37. The van der Waals surface area contributed by atoms with Crippen LogP contribution in [0.15, 0.2) is 30.3 Å². The van der Waals surface area contributed by atoms with Gasteiger partial charge in [0.05, 0.1) is 0 Å². The van der Waals surface area contributed by atoms with E-state index in [2.05, 4.69) is 77.3 Å². The molecule has 1 atom stereocenters. The van der Waals surface area contributed by atoms with Crippen molar-refractivity contribution in [2.24, 2.45) is 5.41 Å². The fourth-order valence-electron chi connectivity index (χ4n) is 2.91. The normalized spacial score (nSPS) is 14.9. The van der Waals surface area contributed by atoms with E-state index in [-0.39, 0.29) is 10.8 Å². The summed E-state index contributed by atoms with van der Waals surface area (Å²) < 4.78 is 0. The highest BCUT2D eigenvalue weighted by molar-refractivity contribution is 5.26. The Morgan fingerprint density at radius 1 is 0.938 bits per heavy atom. The molecular weight excluding hydrogens is 194 g/mol. The predicted molar refractivity (Wildman–Crippen MR) is 71.8 cm³/mol. The maximum Gasteiger partial charge on any atom is 0.0204 e. The second-order valence-corrected chi connectivity index (χ2v) is 6.18. The monoisotopic (exact) mass is 219 g/mol. The van der Waals surface area contributed by atoms with Crippen LogP contribution in [-0.4, -0.2) is 13.1 Å². The fraction of sp³-hybridized carbons (Fsp3) is 0.600. The lowest BCUT2D eigenvalue weighted by Crippen LogP contribution is -2.51. The Morgan fingerprint density at radius 3 is 1.81 bits per heavy atom. The van der Waals surface area contributed by atoms with Gasteiger partial charge in [-0.25, -0.2) is 0 Å². The third-order valence-corrected chi connectivity index (χ3v) is 3.39. The average molecular weight is 219 g/mol. The lowest BCUT2D eigenvalue weighted by atomic mass is 9.67. The zero-order valence-corrected chi connectivity index (χ0v) is 11.5. The zero-order valence-electron chi connectivity index (χ0n) is 11.5. The van der Waals surface area contributed by atoms with Gasteiger partial charge in [0, 0.05) is 11.5 Å². The Kier molecular flexibility index (Phi) is 3.80. The van der Waals surface area contributed by atoms with Crippen LogP contribution < -0.4 is 5.32 Å². The Bertz CT molecular complexity index is 319. The van der Waals surface area contributed by atoms with Gasteiger partial charge < -0.3 is 5.32 Å². The van der Waals surface area contributed by atoms with Crippen LogP contribution in [0.4, 0.5) is 0 Å². The standard InChI is InChI=1S/C15H25N/c1-14(2,3)13(16-6)15(4,5)12-10-8-7-9-11-12/h7-11,13,16H,1-6H3. The van der Waals surface area contributed by atoms with Gasteiger partial charge in [-0.2, -0.15) is 0 Å². The summed E-state index contributed by atoms with van der Waals surface area (Å²) in [5.74, 6) is 0. The highest BCUT2D eigenvalue weighted by Crippen LogP contribution is 2.36. The maximum atomic E-state index is 3.48. The van der Waals surface area contributed by atoms with Crippen molar-refractivity contribution < 1.29 is 0 Å². The van der Waals surface area contributed by atoms with E-state index in [4.69, 9.17) is 0 Å². The molecule has 0 amide bonds. The number of nitrogens with one attached hydrogen (secondary N) is 1. The Morgan fingerprint density at radius 2 is 1.44 bits per heavy atom.